The summed E-state index contributed by atoms with van der Waals surface area (Å²) in [7, 11) is 0. The Labute approximate surface area is 76.9 Å². The monoisotopic (exact) mass is 179 g/mol. The van der Waals surface area contributed by atoms with Crippen molar-refractivity contribution in [1.82, 2.24) is 15.1 Å². The van der Waals surface area contributed by atoms with Gasteiger partial charge in [0.2, 0.25) is 5.91 Å². The molecule has 1 aromatic rings. The van der Waals surface area contributed by atoms with Crippen LogP contribution in [-0.4, -0.2) is 15.7 Å². The van der Waals surface area contributed by atoms with Gasteiger partial charge >= 0.3 is 0 Å². The average molecular weight is 179 g/mol. The van der Waals surface area contributed by atoms with Gasteiger partial charge in [-0.3, -0.25) is 9.48 Å². The Kier molecular flexibility index (Phi) is 2.04. The predicted octanol–water partition coefficient (Wildman–Crippen LogP) is 0.854. The second-order valence-electron chi connectivity index (χ2n) is 3.30. The third-order valence-electron chi connectivity index (χ3n) is 2.27. The van der Waals surface area contributed by atoms with E-state index in [1.54, 1.807) is 6.20 Å². The van der Waals surface area contributed by atoms with Crippen LogP contribution in [-0.2, 0) is 11.3 Å². The highest BCUT2D eigenvalue weighted by Gasteiger charge is 2.28. The molecule has 4 heteroatoms. The second kappa shape index (κ2) is 3.20. The number of nitrogens with one attached hydrogen (secondary N) is 1. The van der Waals surface area contributed by atoms with Crippen molar-refractivity contribution in [3.63, 3.8) is 0 Å². The number of β-lactam (4-membered cyclic amide) rings is 1. The van der Waals surface area contributed by atoms with Crippen LogP contribution in [0.4, 0.5) is 0 Å². The maximum Gasteiger partial charge on any atom is 0.223 e. The molecule has 13 heavy (non-hydrogen) atoms. The Morgan fingerprint density at radius 2 is 2.54 bits per heavy atom. The van der Waals surface area contributed by atoms with Gasteiger partial charge in [-0.2, -0.15) is 5.10 Å². The van der Waals surface area contributed by atoms with Crippen LogP contribution in [0.1, 0.15) is 31.5 Å². The van der Waals surface area contributed by atoms with Crippen LogP contribution >= 0.6 is 0 Å². The summed E-state index contributed by atoms with van der Waals surface area (Å²) < 4.78 is 1.96. The fourth-order valence-corrected chi connectivity index (χ4v) is 1.57. The molecule has 0 aliphatic carbocycles. The van der Waals surface area contributed by atoms with E-state index in [4.69, 9.17) is 0 Å². The first-order valence-corrected chi connectivity index (χ1v) is 4.62. The van der Waals surface area contributed by atoms with Crippen molar-refractivity contribution in [2.24, 2.45) is 0 Å². The summed E-state index contributed by atoms with van der Waals surface area (Å²) in [6, 6.07) is 2.17. The van der Waals surface area contributed by atoms with Crippen molar-refractivity contribution in [2.75, 3.05) is 0 Å². The van der Waals surface area contributed by atoms with Crippen LogP contribution in [0.3, 0.4) is 0 Å². The number of carbonyl (C=O) groups is 1. The number of amides is 1. The lowest BCUT2D eigenvalue weighted by Gasteiger charge is -2.27. The van der Waals surface area contributed by atoms with Crippen LogP contribution in [0.15, 0.2) is 12.3 Å². The molecule has 1 aliphatic rings. The first-order chi connectivity index (χ1) is 6.31. The molecule has 1 unspecified atom stereocenters. The lowest BCUT2D eigenvalue weighted by molar-refractivity contribution is -0.128. The molecule has 1 aromatic heterocycles. The average Bonchev–Trinajstić information content (AvgIpc) is 2.48. The molecule has 0 spiro atoms. The van der Waals surface area contributed by atoms with Crippen molar-refractivity contribution in [2.45, 2.75) is 32.4 Å². The lowest BCUT2D eigenvalue weighted by Crippen LogP contribution is -2.42. The molecule has 1 amide bonds. The number of aromatic nitrogens is 2. The molecule has 70 valence electrons. The van der Waals surface area contributed by atoms with E-state index in [0.717, 1.165) is 18.7 Å². The van der Waals surface area contributed by atoms with E-state index in [-0.39, 0.29) is 11.9 Å². The molecule has 0 bridgehead atoms. The summed E-state index contributed by atoms with van der Waals surface area (Å²) in [4.78, 5) is 10.7. The van der Waals surface area contributed by atoms with Gasteiger partial charge in [-0.1, -0.05) is 6.92 Å². The Hall–Kier alpha value is -1.32. The van der Waals surface area contributed by atoms with E-state index in [2.05, 4.69) is 17.3 Å². The number of rotatable bonds is 3. The van der Waals surface area contributed by atoms with E-state index in [1.165, 1.54) is 0 Å². The molecule has 1 saturated heterocycles. The first kappa shape index (κ1) is 8.29. The molecular formula is C9H13N3O. The standard InChI is InChI=1S/C9H13N3O/c1-2-5-12-8(3-4-10-12)7-6-9(13)11-7/h3-4,7H,2,5-6H2,1H3,(H,11,13). The Balaban J connectivity index is 2.10. The van der Waals surface area contributed by atoms with Crippen LogP contribution in [0.2, 0.25) is 0 Å². The zero-order valence-corrected chi connectivity index (χ0v) is 7.66. The summed E-state index contributed by atoms with van der Waals surface area (Å²) >= 11 is 0. The fraction of sp³-hybridized carbons (Fsp3) is 0.556. The largest absolute Gasteiger partial charge is 0.347 e. The van der Waals surface area contributed by atoms with Gasteiger partial charge in [0.15, 0.2) is 0 Å². The highest BCUT2D eigenvalue weighted by molar-refractivity contribution is 5.83. The molecule has 0 saturated carbocycles. The van der Waals surface area contributed by atoms with Gasteiger partial charge in [0.1, 0.15) is 0 Å². The zero-order valence-electron chi connectivity index (χ0n) is 7.66. The smallest absolute Gasteiger partial charge is 0.223 e. The topological polar surface area (TPSA) is 46.9 Å². The second-order valence-corrected chi connectivity index (χ2v) is 3.30. The predicted molar refractivity (Wildman–Crippen MR) is 48.0 cm³/mol. The van der Waals surface area contributed by atoms with Crippen molar-refractivity contribution in [3.05, 3.63) is 18.0 Å². The Bertz CT molecular complexity index is 310. The number of carbonyl (C=O) groups excluding carboxylic acids is 1. The van der Waals surface area contributed by atoms with E-state index in [1.807, 2.05) is 10.7 Å². The van der Waals surface area contributed by atoms with Crippen LogP contribution in [0, 0.1) is 0 Å². The van der Waals surface area contributed by atoms with Gasteiger partial charge in [0.25, 0.3) is 0 Å². The normalized spacial score (nSPS) is 21.0. The summed E-state index contributed by atoms with van der Waals surface area (Å²) in [6.07, 6.45) is 3.46. The molecule has 1 N–H and O–H groups in total. The molecular weight excluding hydrogens is 166 g/mol. The molecule has 1 aliphatic heterocycles. The molecule has 0 radical (unpaired) electrons. The fourth-order valence-electron chi connectivity index (χ4n) is 1.57. The van der Waals surface area contributed by atoms with Crippen LogP contribution < -0.4 is 5.32 Å². The third kappa shape index (κ3) is 1.43. The quantitative estimate of drug-likeness (QED) is 0.699. The van der Waals surface area contributed by atoms with Gasteiger partial charge < -0.3 is 5.32 Å². The highest BCUT2D eigenvalue weighted by Crippen LogP contribution is 2.23. The van der Waals surface area contributed by atoms with Gasteiger partial charge in [0, 0.05) is 12.7 Å². The van der Waals surface area contributed by atoms with Gasteiger partial charge in [-0.05, 0) is 12.5 Å². The van der Waals surface area contributed by atoms with Crippen molar-refractivity contribution < 1.29 is 4.79 Å². The van der Waals surface area contributed by atoms with E-state index >= 15 is 0 Å². The van der Waals surface area contributed by atoms with Crippen molar-refractivity contribution >= 4 is 5.91 Å². The summed E-state index contributed by atoms with van der Waals surface area (Å²) in [5.74, 6) is 0.134. The van der Waals surface area contributed by atoms with Gasteiger partial charge in [-0.15, -0.1) is 0 Å². The molecule has 1 atom stereocenters. The van der Waals surface area contributed by atoms with Crippen LogP contribution in [0.25, 0.3) is 0 Å². The minimum Gasteiger partial charge on any atom is -0.347 e. The van der Waals surface area contributed by atoms with Crippen molar-refractivity contribution in [1.29, 1.82) is 0 Å². The van der Waals surface area contributed by atoms with Crippen molar-refractivity contribution in [3.8, 4) is 0 Å². The Morgan fingerprint density at radius 3 is 3.15 bits per heavy atom. The number of hydrogen-bond acceptors (Lipinski definition) is 2. The Morgan fingerprint density at radius 1 is 1.77 bits per heavy atom. The van der Waals surface area contributed by atoms with E-state index in [0.29, 0.717) is 6.42 Å². The lowest BCUT2D eigenvalue weighted by atomic mass is 10.0. The molecule has 0 aromatic carbocycles. The maximum atomic E-state index is 10.7. The number of nitrogens with zero attached hydrogens (tertiary/aromatic N) is 2. The summed E-state index contributed by atoms with van der Waals surface area (Å²) in [6.45, 7) is 3.04. The summed E-state index contributed by atoms with van der Waals surface area (Å²) in [5.41, 5.74) is 1.13. The minimum absolute atomic E-state index is 0.134. The highest BCUT2D eigenvalue weighted by atomic mass is 16.2. The summed E-state index contributed by atoms with van der Waals surface area (Å²) in [5, 5.41) is 7.04. The number of hydrogen-bond donors (Lipinski definition) is 1. The third-order valence-corrected chi connectivity index (χ3v) is 2.27. The minimum atomic E-state index is 0.134. The SMILES string of the molecule is CCCn1nccc1C1CC(=O)N1. The molecule has 1 fully saturated rings. The van der Waals surface area contributed by atoms with Gasteiger partial charge in [-0.25, -0.2) is 0 Å². The molecule has 4 nitrogen and oxygen atoms in total. The van der Waals surface area contributed by atoms with E-state index < -0.39 is 0 Å². The zero-order chi connectivity index (χ0) is 9.26. The van der Waals surface area contributed by atoms with Crippen LogP contribution in [0.5, 0.6) is 0 Å². The molecule has 2 heterocycles. The first-order valence-electron chi connectivity index (χ1n) is 4.62. The molecule has 2 rings (SSSR count). The number of aryl methyl sites for hydroxylation is 1. The maximum absolute atomic E-state index is 10.7. The van der Waals surface area contributed by atoms with E-state index in [9.17, 15) is 4.79 Å². The van der Waals surface area contributed by atoms with Gasteiger partial charge in [0.05, 0.1) is 18.2 Å².